The predicted molar refractivity (Wildman–Crippen MR) is 136 cm³/mol. The molecule has 0 aliphatic carbocycles. The molecule has 1 aliphatic heterocycles. The van der Waals surface area contributed by atoms with Crippen molar-refractivity contribution in [3.63, 3.8) is 0 Å². The van der Waals surface area contributed by atoms with Crippen LogP contribution in [0, 0.1) is 0 Å². The van der Waals surface area contributed by atoms with Crippen LogP contribution in [-0.4, -0.2) is 43.8 Å². The lowest BCUT2D eigenvalue weighted by Crippen LogP contribution is -2.51. The summed E-state index contributed by atoms with van der Waals surface area (Å²) >= 11 is 0. The fraction of sp³-hybridized carbons (Fsp3) is 0.552. The van der Waals surface area contributed by atoms with Gasteiger partial charge in [0.2, 0.25) is 0 Å². The third kappa shape index (κ3) is 8.71. The van der Waals surface area contributed by atoms with E-state index in [1.165, 1.54) is 12.1 Å². The van der Waals surface area contributed by atoms with Gasteiger partial charge in [0.05, 0.1) is 30.9 Å². The third-order valence-corrected chi connectivity index (χ3v) is 6.30. The highest BCUT2D eigenvalue weighted by Gasteiger charge is 2.38. The van der Waals surface area contributed by atoms with Gasteiger partial charge in [-0.15, -0.1) is 0 Å². The van der Waals surface area contributed by atoms with Gasteiger partial charge >= 0.3 is 12.1 Å². The lowest BCUT2D eigenvalue weighted by molar-refractivity contribution is -0.281. The molecule has 0 spiro atoms. The van der Waals surface area contributed by atoms with Crippen LogP contribution < -0.4 is 4.74 Å². The molecule has 0 saturated carbocycles. The standard InChI is InChI=1S/C29H37F3O6/c1-4-6-7-11-14-26-36-19-25(27(38-26)20(3)37-28(33)22-12-9-8-10-13-22)35-18-21-15-16-23(29(30,31)32)24(17-21)34-5-2/h8-10,12-13,15-17,20,25-27H,4-7,11,14,18-19H2,1-3H3/t20?,25-,26+,27+/m0/s1. The van der Waals surface area contributed by atoms with Crippen molar-refractivity contribution in [2.45, 2.75) is 90.3 Å². The highest BCUT2D eigenvalue weighted by molar-refractivity contribution is 5.89. The molecule has 3 rings (SSSR count). The molecule has 210 valence electrons. The van der Waals surface area contributed by atoms with Gasteiger partial charge in [-0.3, -0.25) is 0 Å². The average molecular weight is 539 g/mol. The molecule has 2 aromatic rings. The summed E-state index contributed by atoms with van der Waals surface area (Å²) in [6.45, 7) is 5.82. The summed E-state index contributed by atoms with van der Waals surface area (Å²) in [6, 6.07) is 12.4. The van der Waals surface area contributed by atoms with Gasteiger partial charge in [0.15, 0.2) is 6.29 Å². The number of carbonyl (C=O) groups is 1. The Kier molecular flexibility index (Phi) is 11.4. The largest absolute Gasteiger partial charge is 0.493 e. The molecule has 38 heavy (non-hydrogen) atoms. The second kappa shape index (κ2) is 14.5. The first kappa shape index (κ1) is 29.9. The predicted octanol–water partition coefficient (Wildman–Crippen LogP) is 6.95. The van der Waals surface area contributed by atoms with Crippen LogP contribution in [0.1, 0.15) is 74.4 Å². The lowest BCUT2D eigenvalue weighted by atomic mass is 10.1. The van der Waals surface area contributed by atoms with E-state index in [0.29, 0.717) is 17.5 Å². The maximum atomic E-state index is 13.3. The molecule has 4 atom stereocenters. The van der Waals surface area contributed by atoms with Crippen molar-refractivity contribution in [3.8, 4) is 5.75 Å². The number of hydrogen-bond donors (Lipinski definition) is 0. The maximum Gasteiger partial charge on any atom is 0.419 e. The molecular formula is C29H37F3O6. The van der Waals surface area contributed by atoms with Crippen LogP contribution in [0.5, 0.6) is 5.75 Å². The van der Waals surface area contributed by atoms with E-state index in [2.05, 4.69) is 6.92 Å². The first-order valence-corrected chi connectivity index (χ1v) is 13.2. The Morgan fingerprint density at radius 1 is 1.08 bits per heavy atom. The minimum absolute atomic E-state index is 0.00656. The summed E-state index contributed by atoms with van der Waals surface area (Å²) in [5.74, 6) is -0.721. The van der Waals surface area contributed by atoms with Crippen LogP contribution >= 0.6 is 0 Å². The number of unbranched alkanes of at least 4 members (excludes halogenated alkanes) is 3. The fourth-order valence-corrected chi connectivity index (χ4v) is 4.29. The third-order valence-electron chi connectivity index (χ3n) is 6.30. The van der Waals surface area contributed by atoms with Gasteiger partial charge in [0.1, 0.15) is 24.1 Å². The van der Waals surface area contributed by atoms with E-state index < -0.39 is 42.3 Å². The van der Waals surface area contributed by atoms with Crippen molar-refractivity contribution in [1.82, 2.24) is 0 Å². The summed E-state index contributed by atoms with van der Waals surface area (Å²) < 4.78 is 69.1. The summed E-state index contributed by atoms with van der Waals surface area (Å²) in [4.78, 5) is 12.7. The smallest absolute Gasteiger partial charge is 0.419 e. The van der Waals surface area contributed by atoms with Gasteiger partial charge in [-0.2, -0.15) is 13.2 Å². The van der Waals surface area contributed by atoms with Crippen LogP contribution in [0.3, 0.4) is 0 Å². The van der Waals surface area contributed by atoms with Crippen molar-refractivity contribution >= 4 is 5.97 Å². The molecule has 0 bridgehead atoms. The highest BCUT2D eigenvalue weighted by atomic mass is 19.4. The summed E-state index contributed by atoms with van der Waals surface area (Å²) in [6.07, 6.45) is -1.88. The monoisotopic (exact) mass is 538 g/mol. The second-order valence-electron chi connectivity index (χ2n) is 9.30. The Morgan fingerprint density at radius 3 is 2.53 bits per heavy atom. The lowest BCUT2D eigenvalue weighted by Gasteiger charge is -2.39. The van der Waals surface area contributed by atoms with E-state index in [-0.39, 0.29) is 25.6 Å². The number of ether oxygens (including phenoxy) is 5. The van der Waals surface area contributed by atoms with Crippen LogP contribution in [0.2, 0.25) is 0 Å². The number of rotatable bonds is 13. The van der Waals surface area contributed by atoms with E-state index in [1.54, 1.807) is 38.1 Å². The van der Waals surface area contributed by atoms with Crippen molar-refractivity contribution < 1.29 is 41.7 Å². The topological polar surface area (TPSA) is 63.2 Å². The second-order valence-corrected chi connectivity index (χ2v) is 9.30. The molecule has 1 heterocycles. The zero-order valence-electron chi connectivity index (χ0n) is 22.2. The fourth-order valence-electron chi connectivity index (χ4n) is 4.29. The van der Waals surface area contributed by atoms with E-state index in [0.717, 1.165) is 31.7 Å². The molecule has 1 fully saturated rings. The number of halogens is 3. The van der Waals surface area contributed by atoms with Gasteiger partial charge < -0.3 is 23.7 Å². The van der Waals surface area contributed by atoms with Gasteiger partial charge in [-0.05, 0) is 56.5 Å². The molecule has 9 heteroatoms. The number of alkyl halides is 3. The van der Waals surface area contributed by atoms with Crippen molar-refractivity contribution in [2.24, 2.45) is 0 Å². The zero-order chi connectivity index (χ0) is 27.5. The van der Waals surface area contributed by atoms with Crippen molar-refractivity contribution in [1.29, 1.82) is 0 Å². The normalized spacial score (nSPS) is 20.6. The summed E-state index contributed by atoms with van der Waals surface area (Å²) in [5, 5.41) is 0. The molecule has 2 aromatic carbocycles. The van der Waals surface area contributed by atoms with Crippen LogP contribution in [0.4, 0.5) is 13.2 Å². The summed E-state index contributed by atoms with van der Waals surface area (Å²) in [7, 11) is 0. The minimum atomic E-state index is -4.52. The molecule has 0 amide bonds. The molecule has 0 radical (unpaired) electrons. The van der Waals surface area contributed by atoms with Crippen LogP contribution in [0.15, 0.2) is 48.5 Å². The van der Waals surface area contributed by atoms with Crippen molar-refractivity contribution in [2.75, 3.05) is 13.2 Å². The van der Waals surface area contributed by atoms with Crippen LogP contribution in [0.25, 0.3) is 0 Å². The number of hydrogen-bond acceptors (Lipinski definition) is 6. The Hall–Kier alpha value is -2.62. The average Bonchev–Trinajstić information content (AvgIpc) is 2.90. The van der Waals surface area contributed by atoms with Crippen LogP contribution in [-0.2, 0) is 31.7 Å². The van der Waals surface area contributed by atoms with Gasteiger partial charge in [0, 0.05) is 0 Å². The molecule has 0 aromatic heterocycles. The highest BCUT2D eigenvalue weighted by Crippen LogP contribution is 2.37. The van der Waals surface area contributed by atoms with Gasteiger partial charge in [-0.25, -0.2) is 4.79 Å². The number of benzene rings is 2. The SMILES string of the molecule is CCCCCC[C@@H]1OC[C@H](OCc2ccc(C(F)(F)F)c(OCC)c2)[C@@H](C(C)OC(=O)c2ccccc2)O1. The van der Waals surface area contributed by atoms with E-state index in [1.807, 2.05) is 6.07 Å². The molecule has 6 nitrogen and oxygen atoms in total. The first-order valence-electron chi connectivity index (χ1n) is 13.2. The molecular weight excluding hydrogens is 501 g/mol. The van der Waals surface area contributed by atoms with Crippen molar-refractivity contribution in [3.05, 3.63) is 65.2 Å². The Bertz CT molecular complexity index is 998. The quantitative estimate of drug-likeness (QED) is 0.203. The van der Waals surface area contributed by atoms with E-state index >= 15 is 0 Å². The zero-order valence-corrected chi connectivity index (χ0v) is 22.2. The van der Waals surface area contributed by atoms with E-state index in [9.17, 15) is 18.0 Å². The molecule has 1 saturated heterocycles. The Labute approximate surface area is 222 Å². The Balaban J connectivity index is 1.70. The van der Waals surface area contributed by atoms with E-state index in [4.69, 9.17) is 23.7 Å². The number of carbonyl (C=O) groups excluding carboxylic acids is 1. The molecule has 0 N–H and O–H groups in total. The summed E-state index contributed by atoms with van der Waals surface area (Å²) in [5.41, 5.74) is 0.0988. The van der Waals surface area contributed by atoms with Gasteiger partial charge in [0.25, 0.3) is 0 Å². The van der Waals surface area contributed by atoms with Gasteiger partial charge in [-0.1, -0.05) is 50.5 Å². The maximum absolute atomic E-state index is 13.3. The first-order chi connectivity index (χ1) is 18.2. The minimum Gasteiger partial charge on any atom is -0.493 e. The molecule has 1 unspecified atom stereocenters. The Morgan fingerprint density at radius 2 is 1.84 bits per heavy atom. The molecule has 1 aliphatic rings. The number of esters is 1.